The van der Waals surface area contributed by atoms with Crippen molar-refractivity contribution in [3.8, 4) is 6.07 Å². The first-order chi connectivity index (χ1) is 8.61. The van der Waals surface area contributed by atoms with E-state index in [0.29, 0.717) is 15.6 Å². The zero-order chi connectivity index (χ0) is 13.1. The molecule has 0 amide bonds. The number of hydrogen-bond acceptors (Lipinski definition) is 2. The van der Waals surface area contributed by atoms with E-state index >= 15 is 0 Å². The van der Waals surface area contributed by atoms with E-state index in [1.807, 2.05) is 36.6 Å². The molecule has 4 heteroatoms. The Morgan fingerprint density at radius 3 is 2.67 bits per heavy atom. The third-order valence-electron chi connectivity index (χ3n) is 2.39. The number of hydrogen-bond donors (Lipinski definition) is 0. The van der Waals surface area contributed by atoms with Crippen LogP contribution in [0.15, 0.2) is 35.7 Å². The third kappa shape index (κ3) is 2.76. The van der Waals surface area contributed by atoms with E-state index in [-0.39, 0.29) is 0 Å². The first-order valence-corrected chi connectivity index (χ1v) is 6.86. The van der Waals surface area contributed by atoms with E-state index in [0.717, 1.165) is 16.0 Å². The molecule has 1 aromatic carbocycles. The highest BCUT2D eigenvalue weighted by molar-refractivity contribution is 7.11. The van der Waals surface area contributed by atoms with Gasteiger partial charge in [-0.25, -0.2) is 0 Å². The molecule has 0 fully saturated rings. The molecule has 0 N–H and O–H groups in total. The summed E-state index contributed by atoms with van der Waals surface area (Å²) in [5, 5.41) is 12.2. The van der Waals surface area contributed by atoms with Crippen molar-refractivity contribution in [2.75, 3.05) is 0 Å². The number of allylic oxidation sites excluding steroid dienone is 1. The van der Waals surface area contributed by atoms with Crippen molar-refractivity contribution >= 4 is 45.1 Å². The Morgan fingerprint density at radius 1 is 1.33 bits per heavy atom. The topological polar surface area (TPSA) is 23.8 Å². The quantitative estimate of drug-likeness (QED) is 0.686. The summed E-state index contributed by atoms with van der Waals surface area (Å²) in [6.45, 7) is 1.94. The van der Waals surface area contributed by atoms with Crippen molar-refractivity contribution in [1.82, 2.24) is 0 Å². The molecule has 2 rings (SSSR count). The molecule has 2 aromatic rings. The molecule has 1 aromatic heterocycles. The van der Waals surface area contributed by atoms with E-state index in [1.54, 1.807) is 6.07 Å². The van der Waals surface area contributed by atoms with Gasteiger partial charge in [-0.15, -0.1) is 11.3 Å². The van der Waals surface area contributed by atoms with Crippen molar-refractivity contribution in [1.29, 1.82) is 5.26 Å². The number of rotatable bonds is 2. The zero-order valence-electron chi connectivity index (χ0n) is 9.58. The van der Waals surface area contributed by atoms with Crippen LogP contribution in [0.1, 0.15) is 16.0 Å². The maximum absolute atomic E-state index is 9.25. The highest BCUT2D eigenvalue weighted by atomic mass is 35.5. The number of nitrogens with zero attached hydrogens (tertiary/aromatic N) is 1. The normalized spacial score (nSPS) is 11.9. The van der Waals surface area contributed by atoms with Crippen LogP contribution in [0, 0.1) is 18.3 Å². The van der Waals surface area contributed by atoms with E-state index in [2.05, 4.69) is 6.07 Å². The molecule has 90 valence electrons. The van der Waals surface area contributed by atoms with Crippen molar-refractivity contribution in [3.63, 3.8) is 0 Å². The summed E-state index contributed by atoms with van der Waals surface area (Å²) in [7, 11) is 0. The smallest absolute Gasteiger partial charge is 0.102 e. The van der Waals surface area contributed by atoms with Crippen molar-refractivity contribution < 1.29 is 0 Å². The minimum Gasteiger partial charge on any atom is -0.192 e. The molecule has 0 spiro atoms. The lowest BCUT2D eigenvalue weighted by molar-refractivity contribution is 1.45. The average molecular weight is 294 g/mol. The van der Waals surface area contributed by atoms with Gasteiger partial charge in [0.05, 0.1) is 10.6 Å². The van der Waals surface area contributed by atoms with Gasteiger partial charge in [-0.05, 0) is 41.6 Å². The summed E-state index contributed by atoms with van der Waals surface area (Å²) in [5.74, 6) is 0. The molecule has 0 saturated heterocycles. The number of benzene rings is 1. The van der Waals surface area contributed by atoms with E-state index in [1.165, 1.54) is 11.3 Å². The lowest BCUT2D eigenvalue weighted by Gasteiger charge is -2.05. The Balaban J connectivity index is 2.58. The molecule has 0 bridgehead atoms. The second-order valence-corrected chi connectivity index (χ2v) is 5.56. The molecule has 1 heterocycles. The van der Waals surface area contributed by atoms with Crippen molar-refractivity contribution in [2.24, 2.45) is 0 Å². The molecule has 0 atom stereocenters. The Kier molecular flexibility index (Phi) is 4.08. The molecule has 0 aliphatic carbocycles. The fraction of sp³-hybridized carbons (Fsp3) is 0.0714. The molecular formula is C14H9Cl2NS. The predicted molar refractivity (Wildman–Crippen MR) is 78.8 cm³/mol. The van der Waals surface area contributed by atoms with Crippen molar-refractivity contribution in [2.45, 2.75) is 6.92 Å². The molecule has 0 aliphatic heterocycles. The standard InChI is InChI=1S/C14H9Cl2NS/c1-9-5-10(7-11(15)6-9)14(16)12(8-17)13-3-2-4-18-13/h2-7H,1H3/b14-12+. The number of nitriles is 1. The molecule has 0 radical (unpaired) electrons. The van der Waals surface area contributed by atoms with E-state index in [4.69, 9.17) is 23.2 Å². The van der Waals surface area contributed by atoms with Gasteiger partial charge in [0.15, 0.2) is 0 Å². The van der Waals surface area contributed by atoms with Gasteiger partial charge in [-0.3, -0.25) is 0 Å². The van der Waals surface area contributed by atoms with Gasteiger partial charge in [-0.1, -0.05) is 35.3 Å². The second-order valence-electron chi connectivity index (χ2n) is 3.80. The maximum Gasteiger partial charge on any atom is 0.102 e. The molecule has 0 aliphatic rings. The van der Waals surface area contributed by atoms with Crippen LogP contribution in [-0.2, 0) is 0 Å². The zero-order valence-corrected chi connectivity index (χ0v) is 11.9. The predicted octanol–water partition coefficient (Wildman–Crippen LogP) is 5.34. The molecule has 1 nitrogen and oxygen atoms in total. The summed E-state index contributed by atoms with van der Waals surface area (Å²) in [4.78, 5) is 0.861. The monoisotopic (exact) mass is 293 g/mol. The van der Waals surface area contributed by atoms with Gasteiger partial charge in [0.2, 0.25) is 0 Å². The van der Waals surface area contributed by atoms with Gasteiger partial charge >= 0.3 is 0 Å². The van der Waals surface area contributed by atoms with Crippen LogP contribution >= 0.6 is 34.5 Å². The van der Waals surface area contributed by atoms with Crippen LogP contribution in [0.5, 0.6) is 0 Å². The molecular weight excluding hydrogens is 285 g/mol. The van der Waals surface area contributed by atoms with Crippen LogP contribution in [0.25, 0.3) is 10.6 Å². The Bertz CT molecular complexity index is 616. The molecule has 0 unspecified atom stereocenters. The van der Waals surface area contributed by atoms with Gasteiger partial charge in [0.25, 0.3) is 0 Å². The van der Waals surface area contributed by atoms with Gasteiger partial charge in [0.1, 0.15) is 6.07 Å². The van der Waals surface area contributed by atoms with Crippen LogP contribution in [-0.4, -0.2) is 0 Å². The van der Waals surface area contributed by atoms with Crippen LogP contribution < -0.4 is 0 Å². The second kappa shape index (κ2) is 5.58. The van der Waals surface area contributed by atoms with Crippen molar-refractivity contribution in [3.05, 3.63) is 56.7 Å². The summed E-state index contributed by atoms with van der Waals surface area (Å²) >= 11 is 13.8. The summed E-state index contributed by atoms with van der Waals surface area (Å²) in [6.07, 6.45) is 0. The first-order valence-electron chi connectivity index (χ1n) is 5.23. The van der Waals surface area contributed by atoms with Gasteiger partial charge in [-0.2, -0.15) is 5.26 Å². The number of halogens is 2. The highest BCUT2D eigenvalue weighted by Crippen LogP contribution is 2.33. The van der Waals surface area contributed by atoms with E-state index < -0.39 is 0 Å². The van der Waals surface area contributed by atoms with Crippen LogP contribution in [0.3, 0.4) is 0 Å². The fourth-order valence-electron chi connectivity index (χ4n) is 1.64. The number of aryl methyl sites for hydroxylation is 1. The fourth-order valence-corrected chi connectivity index (χ4v) is 2.97. The minimum absolute atomic E-state index is 0.436. The van der Waals surface area contributed by atoms with Crippen LogP contribution in [0.2, 0.25) is 5.02 Å². The summed E-state index contributed by atoms with van der Waals surface area (Å²) < 4.78 is 0. The Morgan fingerprint density at radius 2 is 2.11 bits per heavy atom. The molecule has 18 heavy (non-hydrogen) atoms. The average Bonchev–Trinajstić information content (AvgIpc) is 2.82. The number of thiophene rings is 1. The SMILES string of the molecule is Cc1cc(Cl)cc(/C(Cl)=C(/C#N)c2cccs2)c1. The Hall–Kier alpha value is -1.27. The van der Waals surface area contributed by atoms with Gasteiger partial charge < -0.3 is 0 Å². The van der Waals surface area contributed by atoms with Crippen LogP contribution in [0.4, 0.5) is 0 Å². The largest absolute Gasteiger partial charge is 0.192 e. The Labute approximate surface area is 120 Å². The first kappa shape index (κ1) is 13.2. The highest BCUT2D eigenvalue weighted by Gasteiger charge is 2.11. The summed E-state index contributed by atoms with van der Waals surface area (Å²) in [6, 6.07) is 11.5. The molecule has 0 saturated carbocycles. The van der Waals surface area contributed by atoms with E-state index in [9.17, 15) is 5.26 Å². The minimum atomic E-state index is 0.436. The summed E-state index contributed by atoms with van der Waals surface area (Å²) in [5.41, 5.74) is 2.26. The lowest BCUT2D eigenvalue weighted by Crippen LogP contribution is -1.85. The third-order valence-corrected chi connectivity index (χ3v) is 3.91. The maximum atomic E-state index is 9.25. The van der Waals surface area contributed by atoms with Gasteiger partial charge in [0, 0.05) is 9.90 Å². The lowest BCUT2D eigenvalue weighted by atomic mass is 10.1.